The summed E-state index contributed by atoms with van der Waals surface area (Å²) in [6.07, 6.45) is 0.373. The zero-order chi connectivity index (χ0) is 20.3. The van der Waals surface area contributed by atoms with Gasteiger partial charge in [0.1, 0.15) is 5.52 Å². The lowest BCUT2D eigenvalue weighted by Crippen LogP contribution is -2.32. The van der Waals surface area contributed by atoms with E-state index in [0.717, 1.165) is 0 Å². The summed E-state index contributed by atoms with van der Waals surface area (Å²) in [7, 11) is 0. The third-order valence-electron chi connectivity index (χ3n) is 3.95. The molecule has 1 unspecified atom stereocenters. The number of oxazole rings is 1. The predicted octanol–water partition coefficient (Wildman–Crippen LogP) is 3.75. The van der Waals surface area contributed by atoms with Crippen LogP contribution in [0.1, 0.15) is 34.1 Å². The lowest BCUT2D eigenvalue weighted by Gasteiger charge is -2.17. The molecule has 0 fully saturated rings. The van der Waals surface area contributed by atoms with Gasteiger partial charge in [-0.25, -0.2) is 14.6 Å². The van der Waals surface area contributed by atoms with Crippen LogP contribution in [0.5, 0.6) is 0 Å². The highest BCUT2D eigenvalue weighted by Gasteiger charge is 2.23. The van der Waals surface area contributed by atoms with Gasteiger partial charge in [-0.15, -0.1) is 0 Å². The van der Waals surface area contributed by atoms with E-state index < -0.39 is 23.9 Å². The van der Waals surface area contributed by atoms with Crippen molar-refractivity contribution in [2.75, 3.05) is 5.32 Å². The Hall–Kier alpha value is -3.39. The molecule has 0 spiro atoms. The Bertz CT molecular complexity index is 1060. The van der Waals surface area contributed by atoms with Gasteiger partial charge in [-0.2, -0.15) is 0 Å². The number of aromatic carboxylic acids is 1. The number of carbonyl (C=O) groups excluding carboxylic acids is 2. The highest BCUT2D eigenvalue weighted by atomic mass is 35.5. The van der Waals surface area contributed by atoms with E-state index in [9.17, 15) is 14.4 Å². The number of rotatable bonds is 6. The monoisotopic (exact) mass is 402 g/mol. The van der Waals surface area contributed by atoms with Crippen molar-refractivity contribution in [1.82, 2.24) is 4.98 Å². The van der Waals surface area contributed by atoms with Crippen LogP contribution in [0.25, 0.3) is 11.1 Å². The van der Waals surface area contributed by atoms with Crippen molar-refractivity contribution in [3.63, 3.8) is 0 Å². The number of fused-ring (bicyclic) bond motifs is 1. The van der Waals surface area contributed by atoms with Gasteiger partial charge in [0.15, 0.2) is 18.1 Å². The van der Waals surface area contributed by atoms with Crippen LogP contribution in [-0.2, 0) is 9.53 Å². The minimum absolute atomic E-state index is 0.0369. The van der Waals surface area contributed by atoms with Crippen LogP contribution < -0.4 is 5.32 Å². The van der Waals surface area contributed by atoms with Crippen molar-refractivity contribution in [2.45, 2.75) is 19.4 Å². The van der Waals surface area contributed by atoms with Gasteiger partial charge in [0.25, 0.3) is 5.91 Å². The largest absolute Gasteiger partial charge is 0.478 e. The van der Waals surface area contributed by atoms with E-state index in [-0.39, 0.29) is 28.3 Å². The summed E-state index contributed by atoms with van der Waals surface area (Å²) in [6, 6.07) is 8.51. The van der Waals surface area contributed by atoms with E-state index in [4.69, 9.17) is 25.9 Å². The SMILES string of the molecule is CCC(OC(=O)c1ccc2ncoc2c1)C(=O)Nc1cc(C(=O)O)ccc1Cl. The number of anilines is 1. The van der Waals surface area contributed by atoms with E-state index in [1.54, 1.807) is 13.0 Å². The molecule has 9 heteroatoms. The summed E-state index contributed by atoms with van der Waals surface area (Å²) >= 11 is 6.01. The molecule has 0 aliphatic carbocycles. The second-order valence-electron chi connectivity index (χ2n) is 5.83. The molecule has 1 atom stereocenters. The maximum absolute atomic E-state index is 12.5. The highest BCUT2D eigenvalue weighted by molar-refractivity contribution is 6.34. The fourth-order valence-corrected chi connectivity index (χ4v) is 2.63. The third kappa shape index (κ3) is 4.12. The van der Waals surface area contributed by atoms with Gasteiger partial charge in [-0.3, -0.25) is 4.79 Å². The van der Waals surface area contributed by atoms with E-state index in [1.165, 1.54) is 36.7 Å². The topological polar surface area (TPSA) is 119 Å². The summed E-state index contributed by atoms with van der Waals surface area (Å²) < 4.78 is 10.4. The Labute approximate surface area is 164 Å². The number of carboxylic acids is 1. The molecule has 0 aliphatic heterocycles. The molecule has 28 heavy (non-hydrogen) atoms. The maximum Gasteiger partial charge on any atom is 0.339 e. The van der Waals surface area contributed by atoms with E-state index in [2.05, 4.69) is 10.3 Å². The van der Waals surface area contributed by atoms with E-state index in [0.29, 0.717) is 11.1 Å². The number of hydrogen-bond acceptors (Lipinski definition) is 6. The molecule has 2 aromatic carbocycles. The standard InChI is InChI=1S/C19H15ClN2O6/c1-2-15(17(23)22-14-7-10(18(24)25)3-5-12(14)20)28-19(26)11-4-6-13-16(8-11)27-9-21-13/h3-9,15H,2H2,1H3,(H,22,23)(H,24,25). The van der Waals surface area contributed by atoms with Crippen LogP contribution in [-0.4, -0.2) is 34.0 Å². The molecule has 8 nitrogen and oxygen atoms in total. The van der Waals surface area contributed by atoms with Gasteiger partial charge < -0.3 is 19.6 Å². The molecule has 2 N–H and O–H groups in total. The smallest absolute Gasteiger partial charge is 0.339 e. The zero-order valence-electron chi connectivity index (χ0n) is 14.6. The Morgan fingerprint density at radius 3 is 2.68 bits per heavy atom. The van der Waals surface area contributed by atoms with Crippen molar-refractivity contribution in [1.29, 1.82) is 0 Å². The second kappa shape index (κ2) is 8.10. The van der Waals surface area contributed by atoms with Crippen LogP contribution in [0.3, 0.4) is 0 Å². The zero-order valence-corrected chi connectivity index (χ0v) is 15.4. The fraction of sp³-hybridized carbons (Fsp3) is 0.158. The number of ether oxygens (including phenoxy) is 1. The Balaban J connectivity index is 1.73. The molecular weight excluding hydrogens is 388 g/mol. The number of esters is 1. The lowest BCUT2D eigenvalue weighted by atomic mass is 10.2. The molecule has 1 aromatic heterocycles. The number of aromatic nitrogens is 1. The molecular formula is C19H15ClN2O6. The quantitative estimate of drug-likeness (QED) is 0.602. The van der Waals surface area contributed by atoms with Crippen molar-refractivity contribution in [2.24, 2.45) is 0 Å². The number of nitrogens with zero attached hydrogens (tertiary/aromatic N) is 1. The van der Waals surface area contributed by atoms with Gasteiger partial charge in [0, 0.05) is 0 Å². The van der Waals surface area contributed by atoms with Gasteiger partial charge in [0.05, 0.1) is 21.8 Å². The normalized spacial score (nSPS) is 11.8. The second-order valence-corrected chi connectivity index (χ2v) is 6.23. The molecule has 3 rings (SSSR count). The first-order valence-electron chi connectivity index (χ1n) is 8.27. The van der Waals surface area contributed by atoms with Crippen molar-refractivity contribution < 1.29 is 28.6 Å². The Morgan fingerprint density at radius 1 is 1.21 bits per heavy atom. The van der Waals surface area contributed by atoms with Gasteiger partial charge in [-0.1, -0.05) is 18.5 Å². The Kier molecular flexibility index (Phi) is 5.60. The van der Waals surface area contributed by atoms with Crippen LogP contribution in [0.15, 0.2) is 47.2 Å². The number of carbonyl (C=O) groups is 3. The highest BCUT2D eigenvalue weighted by Crippen LogP contribution is 2.24. The van der Waals surface area contributed by atoms with Crippen LogP contribution >= 0.6 is 11.6 Å². The minimum atomic E-state index is -1.16. The summed E-state index contributed by atoms with van der Waals surface area (Å²) in [6.45, 7) is 1.67. The maximum atomic E-state index is 12.5. The van der Waals surface area contributed by atoms with E-state index >= 15 is 0 Å². The number of nitrogens with one attached hydrogen (secondary N) is 1. The minimum Gasteiger partial charge on any atom is -0.478 e. The fourth-order valence-electron chi connectivity index (χ4n) is 2.47. The first kappa shape index (κ1) is 19.4. The number of amides is 1. The number of halogens is 1. The van der Waals surface area contributed by atoms with Crippen molar-refractivity contribution >= 4 is 46.2 Å². The molecule has 1 heterocycles. The molecule has 0 saturated carbocycles. The number of carboxylic acid groups (broad SMARTS) is 1. The summed E-state index contributed by atoms with van der Waals surface area (Å²) in [5.41, 5.74) is 1.30. The Morgan fingerprint density at radius 2 is 1.96 bits per heavy atom. The summed E-state index contributed by atoms with van der Waals surface area (Å²) in [4.78, 5) is 39.9. The first-order chi connectivity index (χ1) is 13.4. The van der Waals surface area contributed by atoms with Crippen LogP contribution in [0.4, 0.5) is 5.69 Å². The van der Waals surface area contributed by atoms with Crippen LogP contribution in [0, 0.1) is 0 Å². The summed E-state index contributed by atoms with van der Waals surface area (Å²) in [5.74, 6) is -2.49. The van der Waals surface area contributed by atoms with Crippen LogP contribution in [0.2, 0.25) is 5.02 Å². The third-order valence-corrected chi connectivity index (χ3v) is 4.28. The molecule has 0 bridgehead atoms. The molecule has 0 saturated heterocycles. The number of benzene rings is 2. The van der Waals surface area contributed by atoms with Gasteiger partial charge >= 0.3 is 11.9 Å². The predicted molar refractivity (Wildman–Crippen MR) is 101 cm³/mol. The molecule has 144 valence electrons. The number of hydrogen-bond donors (Lipinski definition) is 2. The van der Waals surface area contributed by atoms with Crippen molar-refractivity contribution in [3.05, 3.63) is 58.9 Å². The average molecular weight is 403 g/mol. The molecule has 3 aromatic rings. The molecule has 0 aliphatic rings. The average Bonchev–Trinajstić information content (AvgIpc) is 3.15. The van der Waals surface area contributed by atoms with Gasteiger partial charge in [-0.05, 0) is 42.8 Å². The summed E-state index contributed by atoms with van der Waals surface area (Å²) in [5, 5.41) is 11.7. The first-order valence-corrected chi connectivity index (χ1v) is 8.64. The van der Waals surface area contributed by atoms with Gasteiger partial charge in [0.2, 0.25) is 0 Å². The lowest BCUT2D eigenvalue weighted by molar-refractivity contribution is -0.124. The molecule has 0 radical (unpaired) electrons. The molecule has 1 amide bonds. The van der Waals surface area contributed by atoms with Crippen molar-refractivity contribution in [3.8, 4) is 0 Å². The van der Waals surface area contributed by atoms with E-state index in [1.807, 2.05) is 0 Å².